The van der Waals surface area contributed by atoms with Crippen LogP contribution in [0.2, 0.25) is 0 Å². The fourth-order valence-corrected chi connectivity index (χ4v) is 4.32. The molecule has 0 spiro atoms. The van der Waals surface area contributed by atoms with Crippen molar-refractivity contribution >= 4 is 23.1 Å². The number of piperidine rings is 1. The Morgan fingerprint density at radius 2 is 2.00 bits per heavy atom. The summed E-state index contributed by atoms with van der Waals surface area (Å²) in [7, 11) is 0. The molecule has 174 valence electrons. The normalized spacial score (nSPS) is 21.2. The van der Waals surface area contributed by atoms with Crippen LogP contribution < -0.4 is 10.6 Å². The van der Waals surface area contributed by atoms with Crippen LogP contribution in [0.1, 0.15) is 47.5 Å². The first-order valence-electron chi connectivity index (χ1n) is 11.1. The summed E-state index contributed by atoms with van der Waals surface area (Å²) in [6.07, 6.45) is 4.43. The van der Waals surface area contributed by atoms with Gasteiger partial charge in [0.25, 0.3) is 11.8 Å². The van der Waals surface area contributed by atoms with Crippen LogP contribution in [0.4, 0.5) is 10.1 Å². The fraction of sp³-hybridized carbons (Fsp3) is 0.375. The van der Waals surface area contributed by atoms with Gasteiger partial charge in [0, 0.05) is 36.9 Å². The fourth-order valence-electron chi connectivity index (χ4n) is 4.32. The summed E-state index contributed by atoms with van der Waals surface area (Å²) in [6, 6.07) is 9.54. The number of fused-ring (bicyclic) bond motifs is 1. The smallest absolute Gasteiger partial charge is 0.274 e. The summed E-state index contributed by atoms with van der Waals surface area (Å²) in [5.41, 5.74) is 1.01. The van der Waals surface area contributed by atoms with Crippen molar-refractivity contribution in [3.05, 3.63) is 65.9 Å². The van der Waals surface area contributed by atoms with Gasteiger partial charge >= 0.3 is 0 Å². The third kappa shape index (κ3) is 4.89. The Morgan fingerprint density at radius 3 is 2.82 bits per heavy atom. The van der Waals surface area contributed by atoms with Crippen LogP contribution in [0.25, 0.3) is 5.65 Å². The van der Waals surface area contributed by atoms with Gasteiger partial charge in [-0.05, 0) is 57.0 Å². The molecule has 2 amide bonds. The van der Waals surface area contributed by atoms with Gasteiger partial charge in [-0.3, -0.25) is 18.9 Å². The van der Waals surface area contributed by atoms with Crippen LogP contribution in [-0.2, 0) is 0 Å². The van der Waals surface area contributed by atoms with E-state index in [0.717, 1.165) is 18.9 Å². The molecule has 9 heteroatoms. The van der Waals surface area contributed by atoms with E-state index in [-0.39, 0.29) is 35.0 Å². The predicted octanol–water partition coefficient (Wildman–Crippen LogP) is 2.69. The third-order valence-electron chi connectivity index (χ3n) is 6.31. The number of nitrogens with zero attached hydrogens (tertiary/aromatic N) is 3. The minimum atomic E-state index is -0.640. The topological polar surface area (TPSA) is 99.0 Å². The molecule has 0 radical (unpaired) electrons. The summed E-state index contributed by atoms with van der Waals surface area (Å²) in [5.74, 6) is -1.53. The highest BCUT2D eigenvalue weighted by atomic mass is 19.1. The number of hydrogen-bond acceptors (Lipinski definition) is 5. The number of carbonyl (C=O) groups is 2. The van der Waals surface area contributed by atoms with Crippen molar-refractivity contribution in [3.63, 3.8) is 0 Å². The molecular formula is C24H28FN5O3. The lowest BCUT2D eigenvalue weighted by molar-refractivity contribution is -0.00711. The lowest BCUT2D eigenvalue weighted by atomic mass is 9.95. The number of anilines is 1. The van der Waals surface area contributed by atoms with Crippen molar-refractivity contribution in [2.75, 3.05) is 18.4 Å². The summed E-state index contributed by atoms with van der Waals surface area (Å²) >= 11 is 0. The molecule has 1 aliphatic heterocycles. The van der Waals surface area contributed by atoms with E-state index in [1.807, 2.05) is 6.92 Å². The Kier molecular flexibility index (Phi) is 6.71. The quantitative estimate of drug-likeness (QED) is 0.533. The number of halogens is 1. The molecule has 2 aromatic heterocycles. The van der Waals surface area contributed by atoms with Gasteiger partial charge in [-0.15, -0.1) is 0 Å². The van der Waals surface area contributed by atoms with Crippen LogP contribution in [0.3, 0.4) is 0 Å². The van der Waals surface area contributed by atoms with Crippen LogP contribution >= 0.6 is 0 Å². The van der Waals surface area contributed by atoms with E-state index in [0.29, 0.717) is 24.8 Å². The molecular weight excluding hydrogens is 425 g/mol. The Balaban J connectivity index is 1.40. The van der Waals surface area contributed by atoms with Crippen LogP contribution in [0.15, 0.2) is 48.8 Å². The monoisotopic (exact) mass is 453 g/mol. The Labute approximate surface area is 191 Å². The predicted molar refractivity (Wildman–Crippen MR) is 123 cm³/mol. The summed E-state index contributed by atoms with van der Waals surface area (Å²) in [6.45, 7) is 5.09. The SMILES string of the molecule is C[C@@H]1CC[C@H](O)[C@H](C)N1CCNC(=O)c1ccc(F)c(NC(=O)c2cnc3ccccn23)c1. The molecule has 8 nitrogen and oxygen atoms in total. The number of nitrogens with one attached hydrogen (secondary N) is 2. The van der Waals surface area contributed by atoms with E-state index in [2.05, 4.69) is 27.4 Å². The third-order valence-corrected chi connectivity index (χ3v) is 6.31. The lowest BCUT2D eigenvalue weighted by Gasteiger charge is -2.41. The lowest BCUT2D eigenvalue weighted by Crippen LogP contribution is -2.53. The van der Waals surface area contributed by atoms with Crippen LogP contribution in [0, 0.1) is 5.82 Å². The van der Waals surface area contributed by atoms with E-state index in [1.54, 1.807) is 28.8 Å². The number of aliphatic hydroxyl groups excluding tert-OH is 1. The first-order chi connectivity index (χ1) is 15.8. The van der Waals surface area contributed by atoms with E-state index in [4.69, 9.17) is 0 Å². The van der Waals surface area contributed by atoms with Gasteiger partial charge in [0.15, 0.2) is 0 Å². The summed E-state index contributed by atoms with van der Waals surface area (Å²) < 4.78 is 16.0. The highest BCUT2D eigenvalue weighted by molar-refractivity contribution is 6.04. The molecule has 1 aliphatic rings. The van der Waals surface area contributed by atoms with Crippen molar-refractivity contribution in [1.82, 2.24) is 19.6 Å². The molecule has 3 atom stereocenters. The second-order valence-corrected chi connectivity index (χ2v) is 8.45. The standard InChI is InChI=1S/C24H28FN5O3/c1-15-6-9-21(31)16(2)29(15)12-10-26-23(32)17-7-8-18(25)19(13-17)28-24(33)20-14-27-22-5-3-4-11-30(20)22/h3-5,7-8,11,13-16,21,31H,6,9-10,12H2,1-2H3,(H,26,32)(H,28,33)/t15-,16+,21+/m1/s1. The van der Waals surface area contributed by atoms with Gasteiger partial charge in [-0.2, -0.15) is 0 Å². The highest BCUT2D eigenvalue weighted by Gasteiger charge is 2.30. The molecule has 4 rings (SSSR count). The Morgan fingerprint density at radius 1 is 1.18 bits per heavy atom. The highest BCUT2D eigenvalue weighted by Crippen LogP contribution is 2.22. The number of rotatable bonds is 6. The molecule has 3 aromatic rings. The molecule has 0 bridgehead atoms. The number of likely N-dealkylation sites (tertiary alicyclic amines) is 1. The molecule has 0 unspecified atom stereocenters. The Bertz CT molecular complexity index is 1160. The average Bonchev–Trinajstić information content (AvgIpc) is 3.24. The number of amides is 2. The van der Waals surface area contributed by atoms with Gasteiger partial charge in [0.1, 0.15) is 17.2 Å². The van der Waals surface area contributed by atoms with Gasteiger partial charge in [-0.25, -0.2) is 9.37 Å². The average molecular weight is 454 g/mol. The van der Waals surface area contributed by atoms with E-state index >= 15 is 0 Å². The Hall–Kier alpha value is -3.30. The van der Waals surface area contributed by atoms with E-state index in [1.165, 1.54) is 18.3 Å². The van der Waals surface area contributed by atoms with Crippen LogP contribution in [0.5, 0.6) is 0 Å². The molecule has 1 saturated heterocycles. The van der Waals surface area contributed by atoms with E-state index < -0.39 is 11.7 Å². The van der Waals surface area contributed by atoms with E-state index in [9.17, 15) is 19.1 Å². The molecule has 0 saturated carbocycles. The van der Waals surface area contributed by atoms with Gasteiger partial charge in [-0.1, -0.05) is 6.07 Å². The second kappa shape index (κ2) is 9.68. The number of aromatic nitrogens is 2. The number of pyridine rings is 1. The minimum absolute atomic E-state index is 0.0258. The minimum Gasteiger partial charge on any atom is -0.392 e. The second-order valence-electron chi connectivity index (χ2n) is 8.45. The van der Waals surface area contributed by atoms with Crippen molar-refractivity contribution in [1.29, 1.82) is 0 Å². The largest absolute Gasteiger partial charge is 0.392 e. The zero-order valence-corrected chi connectivity index (χ0v) is 18.7. The summed E-state index contributed by atoms with van der Waals surface area (Å²) in [4.78, 5) is 31.7. The maximum atomic E-state index is 14.4. The summed E-state index contributed by atoms with van der Waals surface area (Å²) in [5, 5.41) is 15.5. The maximum Gasteiger partial charge on any atom is 0.274 e. The van der Waals surface area contributed by atoms with Crippen molar-refractivity contribution in [2.45, 2.75) is 44.9 Å². The number of carbonyl (C=O) groups excluding carboxylic acids is 2. The van der Waals surface area contributed by atoms with Gasteiger partial charge in [0.05, 0.1) is 18.0 Å². The molecule has 3 heterocycles. The first kappa shape index (κ1) is 22.9. The van der Waals surface area contributed by atoms with Crippen LogP contribution in [-0.4, -0.2) is 62.5 Å². The molecule has 1 fully saturated rings. The molecule has 1 aromatic carbocycles. The molecule has 3 N–H and O–H groups in total. The number of aliphatic hydroxyl groups is 1. The van der Waals surface area contributed by atoms with Crippen molar-refractivity contribution in [3.8, 4) is 0 Å². The van der Waals surface area contributed by atoms with Gasteiger partial charge < -0.3 is 15.7 Å². The van der Waals surface area contributed by atoms with Gasteiger partial charge in [0.2, 0.25) is 0 Å². The number of hydrogen-bond donors (Lipinski definition) is 3. The zero-order valence-electron chi connectivity index (χ0n) is 18.7. The number of imidazole rings is 1. The zero-order chi connectivity index (χ0) is 23.5. The first-order valence-corrected chi connectivity index (χ1v) is 11.1. The molecule has 0 aliphatic carbocycles. The number of benzene rings is 1. The van der Waals surface area contributed by atoms with Crippen molar-refractivity contribution < 1.29 is 19.1 Å². The van der Waals surface area contributed by atoms with Crippen molar-refractivity contribution in [2.24, 2.45) is 0 Å². The molecule has 33 heavy (non-hydrogen) atoms. The maximum absolute atomic E-state index is 14.4.